The Morgan fingerprint density at radius 3 is 2.22 bits per heavy atom. The van der Waals surface area contributed by atoms with Gasteiger partial charge in [0.15, 0.2) is 6.61 Å². The molecule has 0 aliphatic rings. The van der Waals surface area contributed by atoms with Gasteiger partial charge in [-0.05, 0) is 41.8 Å². The zero-order valence-corrected chi connectivity index (χ0v) is 17.6. The zero-order chi connectivity index (χ0) is 20.0. The van der Waals surface area contributed by atoms with E-state index in [1.807, 2.05) is 18.2 Å². The maximum absolute atomic E-state index is 12.3. The topological polar surface area (TPSA) is 67.4 Å². The molecule has 0 spiro atoms. The van der Waals surface area contributed by atoms with Crippen LogP contribution in [0.3, 0.4) is 0 Å². The number of ether oxygens (including phenoxy) is 1. The van der Waals surface area contributed by atoms with E-state index in [-0.39, 0.29) is 23.8 Å². The molecule has 0 atom stereocenters. The lowest BCUT2D eigenvalue weighted by atomic mass is 9.86. The minimum atomic E-state index is -0.267. The molecule has 2 amide bonds. The lowest BCUT2D eigenvalue weighted by Crippen LogP contribution is -2.22. The summed E-state index contributed by atoms with van der Waals surface area (Å²) in [7, 11) is 0. The fourth-order valence-corrected chi connectivity index (χ4v) is 2.84. The first-order valence-corrected chi connectivity index (χ1v) is 9.61. The van der Waals surface area contributed by atoms with Crippen molar-refractivity contribution in [3.05, 3.63) is 52.5 Å². The van der Waals surface area contributed by atoms with E-state index in [4.69, 9.17) is 4.74 Å². The molecule has 144 valence electrons. The van der Waals surface area contributed by atoms with Gasteiger partial charge in [-0.2, -0.15) is 0 Å². The first kappa shape index (κ1) is 21.0. The maximum atomic E-state index is 12.3. The standard InChI is InChI=1S/C21H25BrN2O3/c1-5-19(25)23-15-7-6-8-16(12-15)24-20(26)13-27-18-10-9-14(22)11-17(18)21(2,3)4/h6-12H,5,13H2,1-4H3,(H,23,25)(H,24,26). The average molecular weight is 433 g/mol. The molecule has 0 aromatic heterocycles. The van der Waals surface area contributed by atoms with E-state index in [1.165, 1.54) is 0 Å². The van der Waals surface area contributed by atoms with Gasteiger partial charge in [0.2, 0.25) is 5.91 Å². The van der Waals surface area contributed by atoms with Crippen LogP contribution in [0.2, 0.25) is 0 Å². The van der Waals surface area contributed by atoms with Crippen LogP contribution < -0.4 is 15.4 Å². The normalized spacial score (nSPS) is 11.0. The summed E-state index contributed by atoms with van der Waals surface area (Å²) in [4.78, 5) is 23.8. The van der Waals surface area contributed by atoms with Gasteiger partial charge >= 0.3 is 0 Å². The number of anilines is 2. The summed E-state index contributed by atoms with van der Waals surface area (Å²) in [6.45, 7) is 7.97. The number of carbonyl (C=O) groups excluding carboxylic acids is 2. The molecule has 6 heteroatoms. The van der Waals surface area contributed by atoms with Gasteiger partial charge in [0.25, 0.3) is 5.91 Å². The lowest BCUT2D eigenvalue weighted by Gasteiger charge is -2.23. The Kier molecular flexibility index (Phi) is 7.02. The molecule has 0 aliphatic heterocycles. The second kappa shape index (κ2) is 9.04. The van der Waals surface area contributed by atoms with Gasteiger partial charge in [0.05, 0.1) is 0 Å². The molecule has 0 unspecified atom stereocenters. The molecule has 0 fully saturated rings. The van der Waals surface area contributed by atoms with Crippen molar-refractivity contribution in [2.75, 3.05) is 17.2 Å². The van der Waals surface area contributed by atoms with Crippen LogP contribution in [0.4, 0.5) is 11.4 Å². The van der Waals surface area contributed by atoms with Crippen LogP contribution in [0.25, 0.3) is 0 Å². The molecule has 0 bridgehead atoms. The van der Waals surface area contributed by atoms with E-state index < -0.39 is 0 Å². The summed E-state index contributed by atoms with van der Waals surface area (Å²) in [6.07, 6.45) is 0.397. The van der Waals surface area contributed by atoms with E-state index in [0.717, 1.165) is 10.0 Å². The average Bonchev–Trinajstić information content (AvgIpc) is 2.60. The van der Waals surface area contributed by atoms with Crippen LogP contribution in [0.5, 0.6) is 5.75 Å². The highest BCUT2D eigenvalue weighted by Gasteiger charge is 2.20. The number of carbonyl (C=O) groups is 2. The molecule has 0 saturated carbocycles. The van der Waals surface area contributed by atoms with Crippen LogP contribution in [0, 0.1) is 0 Å². The van der Waals surface area contributed by atoms with Gasteiger partial charge in [-0.3, -0.25) is 9.59 Å². The summed E-state index contributed by atoms with van der Waals surface area (Å²) < 4.78 is 6.73. The van der Waals surface area contributed by atoms with Crippen molar-refractivity contribution >= 4 is 39.1 Å². The van der Waals surface area contributed by atoms with Crippen LogP contribution in [0.1, 0.15) is 39.7 Å². The van der Waals surface area contributed by atoms with Crippen molar-refractivity contribution in [1.82, 2.24) is 0 Å². The Hall–Kier alpha value is -2.34. The Bertz CT molecular complexity index is 828. The van der Waals surface area contributed by atoms with Gasteiger partial charge < -0.3 is 15.4 Å². The summed E-state index contributed by atoms with van der Waals surface area (Å²) in [5.74, 6) is 0.341. The number of hydrogen-bond acceptors (Lipinski definition) is 3. The highest BCUT2D eigenvalue weighted by Crippen LogP contribution is 2.33. The van der Waals surface area contributed by atoms with E-state index in [9.17, 15) is 9.59 Å². The molecule has 2 N–H and O–H groups in total. The Balaban J connectivity index is 2.01. The minimum Gasteiger partial charge on any atom is -0.483 e. The molecule has 0 saturated heterocycles. The lowest BCUT2D eigenvalue weighted by molar-refractivity contribution is -0.118. The maximum Gasteiger partial charge on any atom is 0.262 e. The van der Waals surface area contributed by atoms with Crippen molar-refractivity contribution in [3.8, 4) is 5.75 Å². The van der Waals surface area contributed by atoms with Gasteiger partial charge in [0.1, 0.15) is 5.75 Å². The number of amides is 2. The van der Waals surface area contributed by atoms with Crippen LogP contribution in [-0.2, 0) is 15.0 Å². The molecule has 5 nitrogen and oxygen atoms in total. The molecule has 2 rings (SSSR count). The monoisotopic (exact) mass is 432 g/mol. The summed E-state index contributed by atoms with van der Waals surface area (Å²) in [5.41, 5.74) is 2.16. The second-order valence-corrected chi connectivity index (χ2v) is 8.13. The second-order valence-electron chi connectivity index (χ2n) is 7.21. The SMILES string of the molecule is CCC(=O)Nc1cccc(NC(=O)COc2ccc(Br)cc2C(C)(C)C)c1. The van der Waals surface area contributed by atoms with Crippen molar-refractivity contribution < 1.29 is 14.3 Å². The number of rotatable bonds is 6. The number of hydrogen-bond donors (Lipinski definition) is 2. The van der Waals surface area contributed by atoms with Crippen LogP contribution in [0.15, 0.2) is 46.9 Å². The highest BCUT2D eigenvalue weighted by atomic mass is 79.9. The van der Waals surface area contributed by atoms with Crippen LogP contribution >= 0.6 is 15.9 Å². The number of nitrogens with one attached hydrogen (secondary N) is 2. The molecule has 2 aromatic carbocycles. The Morgan fingerprint density at radius 2 is 1.63 bits per heavy atom. The van der Waals surface area contributed by atoms with Crippen molar-refractivity contribution in [3.63, 3.8) is 0 Å². The predicted octanol–water partition coefficient (Wildman–Crippen LogP) is 5.11. The largest absolute Gasteiger partial charge is 0.483 e. The Labute approximate surface area is 168 Å². The quantitative estimate of drug-likeness (QED) is 0.665. The number of benzene rings is 2. The smallest absolute Gasteiger partial charge is 0.262 e. The summed E-state index contributed by atoms with van der Waals surface area (Å²) >= 11 is 3.48. The number of halogens is 1. The van der Waals surface area contributed by atoms with E-state index in [1.54, 1.807) is 31.2 Å². The third-order valence-electron chi connectivity index (χ3n) is 3.86. The molecule has 0 radical (unpaired) electrons. The highest BCUT2D eigenvalue weighted by molar-refractivity contribution is 9.10. The fraction of sp³-hybridized carbons (Fsp3) is 0.333. The summed E-state index contributed by atoms with van der Waals surface area (Å²) in [5, 5.41) is 5.56. The third kappa shape index (κ3) is 6.40. The molecule has 0 heterocycles. The van der Waals surface area contributed by atoms with Crippen molar-refractivity contribution in [2.45, 2.75) is 39.5 Å². The first-order chi connectivity index (χ1) is 12.7. The van der Waals surface area contributed by atoms with Gasteiger partial charge in [0, 0.05) is 27.8 Å². The van der Waals surface area contributed by atoms with Gasteiger partial charge in [-0.1, -0.05) is 49.7 Å². The third-order valence-corrected chi connectivity index (χ3v) is 4.35. The van der Waals surface area contributed by atoms with Crippen LogP contribution in [-0.4, -0.2) is 18.4 Å². The van der Waals surface area contributed by atoms with Crippen molar-refractivity contribution in [2.24, 2.45) is 0 Å². The van der Waals surface area contributed by atoms with Crippen molar-refractivity contribution in [1.29, 1.82) is 0 Å². The molecule has 27 heavy (non-hydrogen) atoms. The van der Waals surface area contributed by atoms with E-state index in [2.05, 4.69) is 47.3 Å². The molecular formula is C21H25BrN2O3. The minimum absolute atomic E-state index is 0.0771. The van der Waals surface area contributed by atoms with E-state index >= 15 is 0 Å². The van der Waals surface area contributed by atoms with Gasteiger partial charge in [-0.15, -0.1) is 0 Å². The zero-order valence-electron chi connectivity index (χ0n) is 16.1. The summed E-state index contributed by atoms with van der Waals surface area (Å²) in [6, 6.07) is 12.8. The van der Waals surface area contributed by atoms with Gasteiger partial charge in [-0.25, -0.2) is 0 Å². The predicted molar refractivity (Wildman–Crippen MR) is 112 cm³/mol. The first-order valence-electron chi connectivity index (χ1n) is 8.81. The fourth-order valence-electron chi connectivity index (χ4n) is 2.48. The van der Waals surface area contributed by atoms with E-state index in [0.29, 0.717) is 23.5 Å². The Morgan fingerprint density at radius 1 is 1.00 bits per heavy atom. The molecular weight excluding hydrogens is 408 g/mol. The molecule has 2 aromatic rings. The molecule has 0 aliphatic carbocycles.